The molecule has 0 aromatic carbocycles. The number of aliphatic hydroxyl groups excluding tert-OH is 3. The quantitative estimate of drug-likeness (QED) is 0.469. The molecule has 0 aromatic heterocycles. The van der Waals surface area contributed by atoms with Gasteiger partial charge in [-0.15, -0.1) is 11.8 Å². The Bertz CT molecular complexity index is 178. The summed E-state index contributed by atoms with van der Waals surface area (Å²) in [5, 5.41) is 28.0. The predicted octanol–water partition coefficient (Wildman–Crippen LogP) is -1.54. The molecule has 0 saturated carbocycles. The first-order valence-corrected chi connectivity index (χ1v) is 5.15. The first kappa shape index (κ1) is 8.77. The van der Waals surface area contributed by atoms with E-state index in [4.69, 9.17) is 5.11 Å². The highest BCUT2D eigenvalue weighted by Crippen LogP contribution is 2.36. The van der Waals surface area contributed by atoms with Crippen LogP contribution < -0.4 is 0 Å². The maximum Gasteiger partial charge on any atom is 0.106 e. The number of aliphatic hydroxyl groups is 3. The SMILES string of the molecule is OCC1C(O)C(O)C2SCCN12. The van der Waals surface area contributed by atoms with Gasteiger partial charge in [-0.25, -0.2) is 0 Å². The Hall–Kier alpha value is 0.190. The zero-order valence-electron chi connectivity index (χ0n) is 6.63. The van der Waals surface area contributed by atoms with Gasteiger partial charge in [0.25, 0.3) is 0 Å². The normalized spacial score (nSPS) is 48.2. The van der Waals surface area contributed by atoms with Crippen LogP contribution in [0.25, 0.3) is 0 Å². The minimum absolute atomic E-state index is 0.00264. The van der Waals surface area contributed by atoms with Gasteiger partial charge in [0.1, 0.15) is 12.2 Å². The standard InChI is InChI=1S/C7H13NO3S/c9-3-4-5(10)6(11)7-8(4)1-2-12-7/h4-7,9-11H,1-3H2. The molecule has 4 atom stereocenters. The zero-order chi connectivity index (χ0) is 8.72. The molecule has 2 aliphatic rings. The van der Waals surface area contributed by atoms with E-state index in [0.29, 0.717) is 0 Å². The van der Waals surface area contributed by atoms with Gasteiger partial charge in [-0.3, -0.25) is 4.90 Å². The number of thioether (sulfide) groups is 1. The summed E-state index contributed by atoms with van der Waals surface area (Å²) in [5.74, 6) is 0.977. The van der Waals surface area contributed by atoms with Crippen molar-refractivity contribution in [1.29, 1.82) is 0 Å². The molecule has 0 radical (unpaired) electrons. The monoisotopic (exact) mass is 191 g/mol. The predicted molar refractivity (Wildman–Crippen MR) is 45.8 cm³/mol. The van der Waals surface area contributed by atoms with Gasteiger partial charge in [0.2, 0.25) is 0 Å². The summed E-state index contributed by atoms with van der Waals surface area (Å²) < 4.78 is 0. The van der Waals surface area contributed by atoms with Gasteiger partial charge >= 0.3 is 0 Å². The molecule has 0 bridgehead atoms. The second-order valence-corrected chi connectivity index (χ2v) is 4.45. The number of hydrogen-bond acceptors (Lipinski definition) is 5. The lowest BCUT2D eigenvalue weighted by molar-refractivity contribution is 0.0209. The van der Waals surface area contributed by atoms with Crippen LogP contribution >= 0.6 is 11.8 Å². The third-order valence-corrected chi connectivity index (χ3v) is 3.92. The van der Waals surface area contributed by atoms with E-state index < -0.39 is 12.2 Å². The largest absolute Gasteiger partial charge is 0.395 e. The van der Waals surface area contributed by atoms with Crippen LogP contribution in [0.4, 0.5) is 0 Å². The van der Waals surface area contributed by atoms with Gasteiger partial charge in [0.15, 0.2) is 0 Å². The maximum atomic E-state index is 9.55. The van der Waals surface area contributed by atoms with Crippen molar-refractivity contribution in [1.82, 2.24) is 4.90 Å². The average molecular weight is 191 g/mol. The van der Waals surface area contributed by atoms with E-state index in [0.717, 1.165) is 12.3 Å². The van der Waals surface area contributed by atoms with Crippen molar-refractivity contribution >= 4 is 11.8 Å². The van der Waals surface area contributed by atoms with E-state index in [1.54, 1.807) is 11.8 Å². The summed E-state index contributed by atoms with van der Waals surface area (Å²) in [4.78, 5) is 1.99. The fraction of sp³-hybridized carbons (Fsp3) is 1.00. The van der Waals surface area contributed by atoms with Crippen LogP contribution in [0.1, 0.15) is 0 Å². The Balaban J connectivity index is 2.15. The second kappa shape index (κ2) is 3.16. The molecule has 2 rings (SSSR count). The summed E-state index contributed by atoms with van der Waals surface area (Å²) in [6.45, 7) is 0.782. The van der Waals surface area contributed by atoms with Crippen molar-refractivity contribution in [3.63, 3.8) is 0 Å². The van der Waals surface area contributed by atoms with E-state index in [1.165, 1.54) is 0 Å². The van der Waals surface area contributed by atoms with Gasteiger partial charge in [-0.05, 0) is 0 Å². The van der Waals surface area contributed by atoms with Crippen molar-refractivity contribution in [3.8, 4) is 0 Å². The molecule has 4 nitrogen and oxygen atoms in total. The molecule has 4 unspecified atom stereocenters. The lowest BCUT2D eigenvalue weighted by atomic mass is 10.1. The number of fused-ring (bicyclic) bond motifs is 1. The van der Waals surface area contributed by atoms with Crippen molar-refractivity contribution in [3.05, 3.63) is 0 Å². The molecule has 12 heavy (non-hydrogen) atoms. The second-order valence-electron chi connectivity index (χ2n) is 3.23. The van der Waals surface area contributed by atoms with E-state index in [2.05, 4.69) is 0 Å². The van der Waals surface area contributed by atoms with Crippen molar-refractivity contribution in [2.75, 3.05) is 18.9 Å². The van der Waals surface area contributed by atoms with Gasteiger partial charge in [0, 0.05) is 12.3 Å². The van der Waals surface area contributed by atoms with Crippen molar-refractivity contribution in [2.24, 2.45) is 0 Å². The highest BCUT2D eigenvalue weighted by molar-refractivity contribution is 8.00. The first-order chi connectivity index (χ1) is 5.75. The Morgan fingerprint density at radius 1 is 1.33 bits per heavy atom. The molecular formula is C7H13NO3S. The first-order valence-electron chi connectivity index (χ1n) is 4.10. The summed E-state index contributed by atoms with van der Waals surface area (Å²) >= 11 is 1.65. The summed E-state index contributed by atoms with van der Waals surface area (Å²) in [7, 11) is 0. The van der Waals surface area contributed by atoms with Crippen LogP contribution in [0.5, 0.6) is 0 Å². The molecule has 0 spiro atoms. The summed E-state index contributed by atoms with van der Waals surface area (Å²) in [5.41, 5.74) is 0. The molecule has 2 saturated heterocycles. The average Bonchev–Trinajstić information content (AvgIpc) is 2.59. The minimum atomic E-state index is -0.784. The van der Waals surface area contributed by atoms with Crippen LogP contribution in [0.15, 0.2) is 0 Å². The third kappa shape index (κ3) is 1.08. The molecule has 0 amide bonds. The highest BCUT2D eigenvalue weighted by atomic mass is 32.2. The van der Waals surface area contributed by atoms with E-state index >= 15 is 0 Å². The van der Waals surface area contributed by atoms with E-state index in [9.17, 15) is 10.2 Å². The molecule has 3 N–H and O–H groups in total. The lowest BCUT2D eigenvalue weighted by Gasteiger charge is -2.21. The highest BCUT2D eigenvalue weighted by Gasteiger charge is 2.49. The molecule has 2 aliphatic heterocycles. The smallest absolute Gasteiger partial charge is 0.106 e. The van der Waals surface area contributed by atoms with Gasteiger partial charge < -0.3 is 15.3 Å². The van der Waals surface area contributed by atoms with Crippen LogP contribution in [0.2, 0.25) is 0 Å². The van der Waals surface area contributed by atoms with Crippen molar-refractivity contribution in [2.45, 2.75) is 23.6 Å². The molecule has 2 heterocycles. The van der Waals surface area contributed by atoms with E-state index in [-0.39, 0.29) is 18.0 Å². The van der Waals surface area contributed by atoms with Gasteiger partial charge in [-0.2, -0.15) is 0 Å². The number of nitrogens with zero attached hydrogens (tertiary/aromatic N) is 1. The Morgan fingerprint density at radius 3 is 2.75 bits per heavy atom. The molecule has 5 heteroatoms. The molecular weight excluding hydrogens is 178 g/mol. The molecule has 0 aromatic rings. The van der Waals surface area contributed by atoms with Crippen molar-refractivity contribution < 1.29 is 15.3 Å². The van der Waals surface area contributed by atoms with Crippen LogP contribution in [-0.2, 0) is 0 Å². The fourth-order valence-corrected chi connectivity index (χ4v) is 3.33. The Kier molecular flexibility index (Phi) is 2.31. The van der Waals surface area contributed by atoms with E-state index in [1.807, 2.05) is 4.90 Å². The molecule has 2 fully saturated rings. The lowest BCUT2D eigenvalue weighted by Crippen LogP contribution is -2.39. The van der Waals surface area contributed by atoms with Crippen LogP contribution in [0, 0.1) is 0 Å². The maximum absolute atomic E-state index is 9.55. The molecule has 0 aliphatic carbocycles. The Labute approximate surface area is 75.2 Å². The fourth-order valence-electron chi connectivity index (χ4n) is 1.96. The molecule has 70 valence electrons. The van der Waals surface area contributed by atoms with Gasteiger partial charge in [-0.1, -0.05) is 0 Å². The third-order valence-electron chi connectivity index (χ3n) is 2.61. The number of hydrogen-bond donors (Lipinski definition) is 3. The summed E-state index contributed by atoms with van der Waals surface area (Å²) in [6, 6.07) is -0.264. The Morgan fingerprint density at radius 2 is 2.08 bits per heavy atom. The zero-order valence-corrected chi connectivity index (χ0v) is 7.44. The topological polar surface area (TPSA) is 63.9 Å². The summed E-state index contributed by atoms with van der Waals surface area (Å²) in [6.07, 6.45) is -1.48. The van der Waals surface area contributed by atoms with Crippen LogP contribution in [-0.4, -0.2) is 62.7 Å². The van der Waals surface area contributed by atoms with Gasteiger partial charge in [0.05, 0.1) is 18.0 Å². The van der Waals surface area contributed by atoms with Crippen LogP contribution in [0.3, 0.4) is 0 Å². The minimum Gasteiger partial charge on any atom is -0.395 e. The number of rotatable bonds is 1.